The summed E-state index contributed by atoms with van der Waals surface area (Å²) in [5.74, 6) is 0.181. The van der Waals surface area contributed by atoms with E-state index in [9.17, 15) is 14.4 Å². The Hall–Kier alpha value is -2.77. The molecule has 184 valence electrons. The number of piperidine rings is 1. The molecule has 8 heteroatoms. The fourth-order valence-corrected chi connectivity index (χ4v) is 3.83. The van der Waals surface area contributed by atoms with Crippen LogP contribution in [0.4, 0.5) is 0 Å². The highest BCUT2D eigenvalue weighted by molar-refractivity contribution is 6.38. The molecule has 33 heavy (non-hydrogen) atoms. The summed E-state index contributed by atoms with van der Waals surface area (Å²) in [5, 5.41) is 0. The molecular formula is C25H37NO7. The molecule has 1 saturated heterocycles. The van der Waals surface area contributed by atoms with Crippen molar-refractivity contribution in [2.24, 2.45) is 5.41 Å². The van der Waals surface area contributed by atoms with E-state index < -0.39 is 29.1 Å². The Balaban J connectivity index is 1.97. The summed E-state index contributed by atoms with van der Waals surface area (Å²) >= 11 is 0. The number of hydrogen-bond donors (Lipinski definition) is 0. The molecule has 0 aromatic heterocycles. The number of methoxy groups -OCH3 is 3. The number of carbonyl (C=O) groups excluding carboxylic acids is 3. The highest BCUT2D eigenvalue weighted by atomic mass is 16.5. The van der Waals surface area contributed by atoms with Crippen LogP contribution < -0.4 is 14.2 Å². The Kier molecular flexibility index (Phi) is 9.56. The zero-order valence-corrected chi connectivity index (χ0v) is 20.7. The van der Waals surface area contributed by atoms with Crippen molar-refractivity contribution in [1.82, 2.24) is 4.90 Å². The maximum absolute atomic E-state index is 12.8. The molecular weight excluding hydrogens is 426 g/mol. The molecule has 0 unspecified atom stereocenters. The quantitative estimate of drug-likeness (QED) is 0.281. The minimum Gasteiger partial charge on any atom is -0.493 e. The minimum atomic E-state index is -0.747. The summed E-state index contributed by atoms with van der Waals surface area (Å²) in [4.78, 5) is 39.7. The number of ether oxygens (including phenoxy) is 4. The molecule has 1 fully saturated rings. The number of nitrogens with zero attached hydrogens (tertiary/aromatic N) is 1. The highest BCUT2D eigenvalue weighted by Crippen LogP contribution is 2.38. The summed E-state index contributed by atoms with van der Waals surface area (Å²) < 4.78 is 21.6. The van der Waals surface area contributed by atoms with Crippen LogP contribution in [-0.4, -0.2) is 63.1 Å². The first-order chi connectivity index (χ1) is 15.7. The Morgan fingerprint density at radius 2 is 1.67 bits per heavy atom. The van der Waals surface area contributed by atoms with E-state index in [1.54, 1.807) is 35.2 Å². The van der Waals surface area contributed by atoms with Crippen molar-refractivity contribution < 1.29 is 33.3 Å². The molecule has 1 amide bonds. The second-order valence-electron chi connectivity index (χ2n) is 8.88. The number of carbonyl (C=O) groups is 3. The van der Waals surface area contributed by atoms with E-state index in [-0.39, 0.29) is 6.61 Å². The normalized spacial score (nSPS) is 16.2. The molecule has 1 aromatic rings. The summed E-state index contributed by atoms with van der Waals surface area (Å²) in [7, 11) is 4.68. The van der Waals surface area contributed by atoms with Crippen molar-refractivity contribution >= 4 is 17.7 Å². The third-order valence-corrected chi connectivity index (χ3v) is 6.31. The number of hydrogen-bond acceptors (Lipinski definition) is 7. The van der Waals surface area contributed by atoms with Crippen molar-refractivity contribution in [3.8, 4) is 17.2 Å². The van der Waals surface area contributed by atoms with E-state index >= 15 is 0 Å². The molecule has 0 bridgehead atoms. The van der Waals surface area contributed by atoms with E-state index in [1.165, 1.54) is 4.90 Å². The number of amides is 1. The summed E-state index contributed by atoms with van der Waals surface area (Å²) in [6.45, 7) is 6.00. The van der Waals surface area contributed by atoms with Gasteiger partial charge in [0, 0.05) is 12.0 Å². The van der Waals surface area contributed by atoms with Crippen molar-refractivity contribution in [1.29, 1.82) is 0 Å². The van der Waals surface area contributed by atoms with Gasteiger partial charge in [-0.25, -0.2) is 4.79 Å². The second-order valence-corrected chi connectivity index (χ2v) is 8.88. The number of esters is 1. The number of Topliss-reactive ketones (excluding diaryl/α,β-unsaturated/α-hetero) is 1. The second kappa shape index (κ2) is 11.9. The van der Waals surface area contributed by atoms with Gasteiger partial charge in [-0.1, -0.05) is 20.8 Å². The van der Waals surface area contributed by atoms with Gasteiger partial charge in [0.25, 0.3) is 5.91 Å². The van der Waals surface area contributed by atoms with Gasteiger partial charge in [-0.2, -0.15) is 0 Å². The van der Waals surface area contributed by atoms with Gasteiger partial charge in [-0.15, -0.1) is 0 Å². The van der Waals surface area contributed by atoms with E-state index in [2.05, 4.69) is 0 Å². The fourth-order valence-electron chi connectivity index (χ4n) is 3.83. The van der Waals surface area contributed by atoms with Crippen molar-refractivity contribution in [2.45, 2.75) is 65.3 Å². The zero-order valence-electron chi connectivity index (χ0n) is 20.7. The molecule has 8 nitrogen and oxygen atoms in total. The Morgan fingerprint density at radius 1 is 1.03 bits per heavy atom. The van der Waals surface area contributed by atoms with Gasteiger partial charge in [0.2, 0.25) is 11.5 Å². The van der Waals surface area contributed by atoms with Crippen LogP contribution in [0, 0.1) is 5.41 Å². The predicted molar refractivity (Wildman–Crippen MR) is 124 cm³/mol. The van der Waals surface area contributed by atoms with Crippen LogP contribution >= 0.6 is 0 Å². The minimum absolute atomic E-state index is 0.211. The number of rotatable bonds is 11. The van der Waals surface area contributed by atoms with Crippen molar-refractivity contribution in [3.63, 3.8) is 0 Å². The van der Waals surface area contributed by atoms with Crippen LogP contribution in [0.25, 0.3) is 0 Å². The maximum atomic E-state index is 12.8. The van der Waals surface area contributed by atoms with Gasteiger partial charge in [0.1, 0.15) is 6.04 Å². The zero-order chi connectivity index (χ0) is 24.6. The number of ketones is 1. The lowest BCUT2D eigenvalue weighted by Gasteiger charge is -2.35. The largest absolute Gasteiger partial charge is 0.493 e. The third kappa shape index (κ3) is 6.39. The topological polar surface area (TPSA) is 91.4 Å². The van der Waals surface area contributed by atoms with Gasteiger partial charge in [0.05, 0.1) is 27.9 Å². The third-order valence-electron chi connectivity index (χ3n) is 6.31. The van der Waals surface area contributed by atoms with Gasteiger partial charge in [0.15, 0.2) is 11.5 Å². The van der Waals surface area contributed by atoms with Crippen molar-refractivity contribution in [3.05, 3.63) is 17.7 Å². The van der Waals surface area contributed by atoms with E-state index in [4.69, 9.17) is 18.9 Å². The predicted octanol–water partition coefficient (Wildman–Crippen LogP) is 3.57. The fraction of sp³-hybridized carbons (Fsp3) is 0.640. The van der Waals surface area contributed by atoms with E-state index in [1.807, 2.05) is 19.1 Å². The first-order valence-electron chi connectivity index (χ1n) is 11.5. The average molecular weight is 464 g/mol. The van der Waals surface area contributed by atoms with Gasteiger partial charge in [-0.05, 0) is 56.2 Å². The monoisotopic (exact) mass is 463 g/mol. The SMILES string of the molecule is CCC(C)(C)C(=O)C(=O)N1CCCC[C@@H]1C(=O)OCCCc1cc(OC)c(OC)c(OC)c1. The van der Waals surface area contributed by atoms with Crippen LogP contribution in [-0.2, 0) is 25.5 Å². The number of likely N-dealkylation sites (tertiary alicyclic amines) is 1. The maximum Gasteiger partial charge on any atom is 0.328 e. The molecule has 1 aromatic carbocycles. The molecule has 0 N–H and O–H groups in total. The van der Waals surface area contributed by atoms with E-state index in [0.717, 1.165) is 18.4 Å². The molecule has 0 aliphatic carbocycles. The molecule has 0 spiro atoms. The lowest BCUT2D eigenvalue weighted by Crippen LogP contribution is -2.53. The molecule has 1 heterocycles. The van der Waals surface area contributed by atoms with E-state index in [0.29, 0.717) is 49.5 Å². The lowest BCUT2D eigenvalue weighted by atomic mass is 9.84. The van der Waals surface area contributed by atoms with Gasteiger partial charge < -0.3 is 23.8 Å². The smallest absolute Gasteiger partial charge is 0.328 e. The van der Waals surface area contributed by atoms with Crippen LogP contribution in [0.1, 0.15) is 58.4 Å². The van der Waals surface area contributed by atoms with Gasteiger partial charge >= 0.3 is 5.97 Å². The molecule has 1 aliphatic rings. The van der Waals surface area contributed by atoms with Crippen LogP contribution in [0.3, 0.4) is 0 Å². The van der Waals surface area contributed by atoms with Crippen molar-refractivity contribution in [2.75, 3.05) is 34.5 Å². The summed E-state index contributed by atoms with van der Waals surface area (Å²) in [6.07, 6.45) is 3.89. The number of aryl methyl sites for hydroxylation is 1. The van der Waals surface area contributed by atoms with Crippen LogP contribution in [0.5, 0.6) is 17.2 Å². The summed E-state index contributed by atoms with van der Waals surface area (Å²) in [6, 6.07) is 3.03. The first-order valence-corrected chi connectivity index (χ1v) is 11.5. The Bertz CT molecular complexity index is 824. The lowest BCUT2D eigenvalue weighted by molar-refractivity contribution is -0.161. The molecule has 2 rings (SSSR count). The molecule has 1 aliphatic heterocycles. The average Bonchev–Trinajstić information content (AvgIpc) is 2.84. The van der Waals surface area contributed by atoms with Crippen LogP contribution in [0.2, 0.25) is 0 Å². The van der Waals surface area contributed by atoms with Gasteiger partial charge in [-0.3, -0.25) is 9.59 Å². The summed E-state index contributed by atoms with van der Waals surface area (Å²) in [5.41, 5.74) is 0.214. The first kappa shape index (κ1) is 26.5. The number of benzene rings is 1. The standard InChI is InChI=1S/C25H37NO7/c1-7-25(2,3)22(27)23(28)26-13-9-8-12-18(26)24(29)33-14-10-11-17-15-19(30-4)21(32-6)20(16-17)31-5/h15-16,18H,7-14H2,1-6H3/t18-/m1/s1. The highest BCUT2D eigenvalue weighted by Gasteiger charge is 2.40. The van der Waals surface area contributed by atoms with Crippen LogP contribution in [0.15, 0.2) is 12.1 Å². The molecule has 0 saturated carbocycles. The Labute approximate surface area is 196 Å². The molecule has 1 atom stereocenters. The molecule has 0 radical (unpaired) electrons. The Morgan fingerprint density at radius 3 is 2.21 bits per heavy atom.